The maximum atomic E-state index is 11.1. The van der Waals surface area contributed by atoms with E-state index in [0.717, 1.165) is 0 Å². The molecule has 0 unspecified atom stereocenters. The second kappa shape index (κ2) is 6.74. The van der Waals surface area contributed by atoms with Crippen molar-refractivity contribution in [2.45, 2.75) is 13.8 Å². The maximum Gasteiger partial charge on any atom is 0.335 e. The highest BCUT2D eigenvalue weighted by molar-refractivity contribution is 6.39. The molecule has 4 N–H and O–H groups in total. The van der Waals surface area contributed by atoms with Crippen molar-refractivity contribution < 1.29 is 15.0 Å². The molecule has 0 aliphatic rings. The van der Waals surface area contributed by atoms with Crippen molar-refractivity contribution in [2.75, 3.05) is 5.43 Å². The fraction of sp³-hybridized carbons (Fsp3) is 0.118. The largest absolute Gasteiger partial charge is 0.505 e. The number of carboxylic acid groups (broad SMARTS) is 1. The molecule has 0 radical (unpaired) electrons. The molecule has 6 nitrogen and oxygen atoms in total. The molecule has 0 heterocycles. The van der Waals surface area contributed by atoms with Crippen molar-refractivity contribution in [3.8, 4) is 16.9 Å². The molecule has 2 rings (SSSR count). The molecule has 0 aromatic heterocycles. The van der Waals surface area contributed by atoms with Crippen LogP contribution in [0.1, 0.15) is 24.2 Å². The van der Waals surface area contributed by atoms with Gasteiger partial charge in [0.2, 0.25) is 0 Å². The Morgan fingerprint density at radius 2 is 1.87 bits per heavy atom. The Kier molecular flexibility index (Phi) is 4.75. The number of hydrogen-bond acceptors (Lipinski definition) is 5. The Labute approximate surface area is 133 Å². The number of carboxylic acids is 1. The molecule has 0 aliphatic heterocycles. The predicted octanol–water partition coefficient (Wildman–Crippen LogP) is 3.58. The van der Waals surface area contributed by atoms with Gasteiger partial charge in [-0.15, -0.1) is 0 Å². The Hall–Kier alpha value is -3.15. The van der Waals surface area contributed by atoms with Crippen molar-refractivity contribution in [2.24, 2.45) is 5.10 Å². The minimum Gasteiger partial charge on any atom is -0.505 e. The van der Waals surface area contributed by atoms with Gasteiger partial charge in [-0.25, -0.2) is 4.79 Å². The smallest absolute Gasteiger partial charge is 0.335 e. The van der Waals surface area contributed by atoms with E-state index in [4.69, 9.17) is 10.5 Å². The van der Waals surface area contributed by atoms with Crippen LogP contribution in [-0.2, 0) is 0 Å². The predicted molar refractivity (Wildman–Crippen MR) is 90.6 cm³/mol. The van der Waals surface area contributed by atoms with Gasteiger partial charge in [-0.1, -0.05) is 24.3 Å². The number of hydrogen-bond donors (Lipinski definition) is 4. The van der Waals surface area contributed by atoms with Gasteiger partial charge < -0.3 is 15.6 Å². The summed E-state index contributed by atoms with van der Waals surface area (Å²) in [5.74, 6) is -1.06. The Morgan fingerprint density at radius 1 is 1.17 bits per heavy atom. The van der Waals surface area contributed by atoms with Crippen molar-refractivity contribution in [3.05, 3.63) is 48.0 Å². The van der Waals surface area contributed by atoms with Crippen LogP contribution in [0.3, 0.4) is 0 Å². The third kappa shape index (κ3) is 3.74. The SMILES string of the molecule is CC(=N)/C(C)=N/Nc1cccc(-c2cccc(C(=O)O)c2)c1O. The van der Waals surface area contributed by atoms with E-state index in [2.05, 4.69) is 10.5 Å². The summed E-state index contributed by atoms with van der Waals surface area (Å²) >= 11 is 0. The van der Waals surface area contributed by atoms with E-state index in [1.807, 2.05) is 0 Å². The first kappa shape index (κ1) is 16.2. The summed E-state index contributed by atoms with van der Waals surface area (Å²) in [6.07, 6.45) is 0. The molecule has 23 heavy (non-hydrogen) atoms. The number of hydrazone groups is 1. The molecule has 0 saturated heterocycles. The summed E-state index contributed by atoms with van der Waals surface area (Å²) in [6.45, 7) is 3.31. The lowest BCUT2D eigenvalue weighted by Crippen LogP contribution is -2.06. The van der Waals surface area contributed by atoms with E-state index >= 15 is 0 Å². The van der Waals surface area contributed by atoms with Crippen LogP contribution in [0.25, 0.3) is 11.1 Å². The Morgan fingerprint density at radius 3 is 2.52 bits per heavy atom. The van der Waals surface area contributed by atoms with Gasteiger partial charge in [0.05, 0.1) is 22.7 Å². The second-order valence-electron chi connectivity index (χ2n) is 5.02. The van der Waals surface area contributed by atoms with Gasteiger partial charge in [0.15, 0.2) is 0 Å². The molecule has 0 bridgehead atoms. The highest BCUT2D eigenvalue weighted by Crippen LogP contribution is 2.35. The molecule has 0 fully saturated rings. The molecule has 0 saturated carbocycles. The molecular formula is C17H17N3O3. The standard InChI is InChI=1S/C17H17N3O3/c1-10(18)11(2)19-20-15-8-4-7-14(16(15)21)12-5-3-6-13(9-12)17(22)23/h3-9,18,20-21H,1-2H3,(H,22,23)/b18-10?,19-11+. The number of rotatable bonds is 5. The fourth-order valence-electron chi connectivity index (χ4n) is 1.91. The quantitative estimate of drug-likeness (QED) is 0.384. The van der Waals surface area contributed by atoms with Gasteiger partial charge in [0.25, 0.3) is 0 Å². The number of phenolic OH excluding ortho intramolecular Hbond substituents is 1. The van der Waals surface area contributed by atoms with Crippen LogP contribution in [0.5, 0.6) is 5.75 Å². The fourth-order valence-corrected chi connectivity index (χ4v) is 1.91. The van der Waals surface area contributed by atoms with Crippen LogP contribution in [0.2, 0.25) is 0 Å². The van der Waals surface area contributed by atoms with Crippen molar-refractivity contribution >= 4 is 23.1 Å². The zero-order chi connectivity index (χ0) is 17.0. The molecule has 6 heteroatoms. The molecule has 2 aromatic carbocycles. The van der Waals surface area contributed by atoms with E-state index in [1.54, 1.807) is 44.2 Å². The molecule has 0 atom stereocenters. The molecule has 2 aromatic rings. The minimum absolute atomic E-state index is 0.0331. The zero-order valence-corrected chi connectivity index (χ0v) is 12.8. The Bertz CT molecular complexity index is 797. The summed E-state index contributed by atoms with van der Waals surface area (Å²) in [5, 5.41) is 30.9. The molecule has 0 spiro atoms. The highest BCUT2D eigenvalue weighted by atomic mass is 16.4. The zero-order valence-electron chi connectivity index (χ0n) is 12.8. The first-order chi connectivity index (χ1) is 10.9. The topological polar surface area (TPSA) is 106 Å². The first-order valence-electron chi connectivity index (χ1n) is 6.91. The maximum absolute atomic E-state index is 11.1. The van der Waals surface area contributed by atoms with Gasteiger partial charge in [0.1, 0.15) is 5.75 Å². The van der Waals surface area contributed by atoms with Gasteiger partial charge in [-0.3, -0.25) is 5.43 Å². The lowest BCUT2D eigenvalue weighted by atomic mass is 10.0. The van der Waals surface area contributed by atoms with Gasteiger partial charge >= 0.3 is 5.97 Å². The van der Waals surface area contributed by atoms with E-state index in [0.29, 0.717) is 28.2 Å². The third-order valence-electron chi connectivity index (χ3n) is 3.34. The van der Waals surface area contributed by atoms with Crippen LogP contribution in [0.4, 0.5) is 5.69 Å². The van der Waals surface area contributed by atoms with Gasteiger partial charge in [-0.05, 0) is 37.6 Å². The minimum atomic E-state index is -1.03. The molecule has 0 amide bonds. The van der Waals surface area contributed by atoms with Crippen molar-refractivity contribution in [3.63, 3.8) is 0 Å². The second-order valence-corrected chi connectivity index (χ2v) is 5.02. The summed E-state index contributed by atoms with van der Waals surface area (Å²) in [4.78, 5) is 11.1. The van der Waals surface area contributed by atoms with Crippen molar-refractivity contribution in [1.29, 1.82) is 5.41 Å². The number of carbonyl (C=O) groups is 1. The summed E-state index contributed by atoms with van der Waals surface area (Å²) in [6, 6.07) is 11.4. The Balaban J connectivity index is 2.40. The number of para-hydroxylation sites is 1. The van der Waals surface area contributed by atoms with E-state index in [-0.39, 0.29) is 11.3 Å². The normalized spacial score (nSPS) is 11.1. The molecule has 118 valence electrons. The highest BCUT2D eigenvalue weighted by Gasteiger charge is 2.11. The summed E-state index contributed by atoms with van der Waals surface area (Å²) in [7, 11) is 0. The lowest BCUT2D eigenvalue weighted by Gasteiger charge is -2.10. The van der Waals surface area contributed by atoms with E-state index in [1.165, 1.54) is 12.1 Å². The van der Waals surface area contributed by atoms with Crippen molar-refractivity contribution in [1.82, 2.24) is 0 Å². The lowest BCUT2D eigenvalue weighted by molar-refractivity contribution is 0.0697. The van der Waals surface area contributed by atoms with E-state index in [9.17, 15) is 9.90 Å². The number of nitrogens with one attached hydrogen (secondary N) is 2. The molecule has 0 aliphatic carbocycles. The van der Waals surface area contributed by atoms with Crippen LogP contribution >= 0.6 is 0 Å². The number of aromatic hydroxyl groups is 1. The number of benzene rings is 2. The summed E-state index contributed by atoms with van der Waals surface area (Å²) in [5.41, 5.74) is 5.16. The monoisotopic (exact) mass is 311 g/mol. The van der Waals surface area contributed by atoms with Crippen LogP contribution in [0.15, 0.2) is 47.6 Å². The first-order valence-corrected chi connectivity index (χ1v) is 6.91. The van der Waals surface area contributed by atoms with Crippen LogP contribution in [0, 0.1) is 5.41 Å². The number of nitrogens with zero attached hydrogens (tertiary/aromatic N) is 1. The third-order valence-corrected chi connectivity index (χ3v) is 3.34. The van der Waals surface area contributed by atoms with Crippen LogP contribution < -0.4 is 5.43 Å². The average molecular weight is 311 g/mol. The summed E-state index contributed by atoms with van der Waals surface area (Å²) < 4.78 is 0. The van der Waals surface area contributed by atoms with Gasteiger partial charge in [-0.2, -0.15) is 5.10 Å². The number of aromatic carboxylic acids is 1. The van der Waals surface area contributed by atoms with Gasteiger partial charge in [0, 0.05) is 5.56 Å². The average Bonchev–Trinajstić information content (AvgIpc) is 2.53. The number of phenols is 1. The number of anilines is 1. The van der Waals surface area contributed by atoms with E-state index < -0.39 is 5.97 Å². The van der Waals surface area contributed by atoms with Crippen LogP contribution in [-0.4, -0.2) is 27.6 Å². The molecular weight excluding hydrogens is 294 g/mol.